The zero-order chi connectivity index (χ0) is 72.3. The van der Waals surface area contributed by atoms with Gasteiger partial charge < -0.3 is 86.2 Å². The fourth-order valence-corrected chi connectivity index (χ4v) is 15.5. The molecule has 5 saturated heterocycles. The summed E-state index contributed by atoms with van der Waals surface area (Å²) >= 11 is 0. The molecule has 0 amide bonds. The van der Waals surface area contributed by atoms with Crippen LogP contribution in [0, 0.1) is 0 Å². The van der Waals surface area contributed by atoms with E-state index >= 15 is 0 Å². The van der Waals surface area contributed by atoms with Gasteiger partial charge in [-0.2, -0.15) is 9.97 Å². The number of H-pyrrole nitrogens is 1. The lowest BCUT2D eigenvalue weighted by Gasteiger charge is -2.25. The highest BCUT2D eigenvalue weighted by atomic mass is 31.2. The molecule has 0 aliphatic carbocycles. The maximum absolute atomic E-state index is 14.2. The number of nitrogen functional groups attached to an aromatic ring is 4. The molecule has 0 saturated carbocycles. The minimum Gasteiger partial charge on any atom is -0.387 e. The Hall–Kier alpha value is -6.99. The molecule has 0 aromatic carbocycles. The van der Waals surface area contributed by atoms with Crippen LogP contribution < -0.4 is 45.6 Å². The third kappa shape index (κ3) is 17.1. The van der Waals surface area contributed by atoms with Gasteiger partial charge in [-0.25, -0.2) is 67.1 Å². The van der Waals surface area contributed by atoms with Gasteiger partial charge in [-0.05, 0) is 12.1 Å². The molecule has 5 aliphatic rings. The standard InChI is InChI=1S/C47H61N18O31P5/c48-29-1-4-61(45(69)58-29)32-7-20(24(88-32)11-83-97(72,73)74)93-98(75,76)85-13-26-22(9-34(90-26)64-18-56-36-40(50)52-16-54-42(36)64)95-100(79,80)84-12-25-21(8-33(89-25)62-5-2-30(49)59-46(62)70)94-99(77,78)86-14-27-23(10-35(91-27)65-19-57-37-41(51)53-17-55-43(37)65)96-101(81,82)87-15-28-38(67)39(68)44(92-28)63-6-3-31(66)60-47(63)71/h1-6,16-28,32-35,38-39,44,67-68H,7-15H2,(H,75,76)(H,77,78)(H,79,80)(H,81,82)(H2,48,58,69)(H2,49,59,70)(H2,50,52,54)(H2,51,53,55)(H,60,66,71)(H2,72,73,74). The number of hydrogen-bond donors (Lipinski definition) is 13. The molecule has 12 rings (SSSR count). The van der Waals surface area contributed by atoms with Gasteiger partial charge in [0.15, 0.2) is 29.2 Å². The largest absolute Gasteiger partial charge is 0.472 e. The number of aliphatic hydroxyl groups is 2. The number of phosphoric acid groups is 5. The summed E-state index contributed by atoms with van der Waals surface area (Å²) in [6.07, 6.45) is -19.3. The topological polar surface area (TPSA) is 692 Å². The van der Waals surface area contributed by atoms with Gasteiger partial charge in [-0.1, -0.05) is 0 Å². The molecule has 12 heterocycles. The molecule has 5 aliphatic heterocycles. The molecule has 20 unspecified atom stereocenters. The lowest BCUT2D eigenvalue weighted by atomic mass is 10.1. The number of aliphatic hydroxyl groups excluding tert-OH is 2. The van der Waals surface area contributed by atoms with Crippen LogP contribution in [-0.2, 0) is 87.2 Å². The van der Waals surface area contributed by atoms with Crippen LogP contribution >= 0.6 is 39.1 Å². The van der Waals surface area contributed by atoms with Gasteiger partial charge in [0.2, 0.25) is 0 Å². The Labute approximate surface area is 561 Å². The number of hydrogen-bond acceptors (Lipinski definition) is 37. The maximum Gasteiger partial charge on any atom is 0.472 e. The Morgan fingerprint density at radius 3 is 1.18 bits per heavy atom. The van der Waals surface area contributed by atoms with E-state index in [0.717, 1.165) is 44.8 Å². The molecule has 7 aromatic rings. The molecular weight excluding hydrogens is 1470 g/mol. The van der Waals surface area contributed by atoms with Crippen molar-refractivity contribution in [2.75, 3.05) is 56.0 Å². The molecule has 0 bridgehead atoms. The van der Waals surface area contributed by atoms with Crippen LogP contribution in [0.4, 0.5) is 23.3 Å². The van der Waals surface area contributed by atoms with Crippen molar-refractivity contribution in [2.45, 2.75) is 124 Å². The lowest BCUT2D eigenvalue weighted by Crippen LogP contribution is -2.37. The van der Waals surface area contributed by atoms with E-state index in [1.807, 2.05) is 4.98 Å². The van der Waals surface area contributed by atoms with Crippen molar-refractivity contribution in [3.63, 3.8) is 0 Å². The van der Waals surface area contributed by atoms with Crippen LogP contribution in [0.25, 0.3) is 22.3 Å². The van der Waals surface area contributed by atoms with Gasteiger partial charge in [0, 0.05) is 50.3 Å². The first kappa shape index (κ1) is 73.8. The van der Waals surface area contributed by atoms with Crippen molar-refractivity contribution in [1.82, 2.24) is 67.7 Å². The monoisotopic (exact) mass is 1530 g/mol. The van der Waals surface area contributed by atoms with E-state index in [1.165, 1.54) is 40.1 Å². The van der Waals surface area contributed by atoms with Gasteiger partial charge in [0.25, 0.3) is 5.56 Å². The Morgan fingerprint density at radius 2 is 0.812 bits per heavy atom. The van der Waals surface area contributed by atoms with E-state index in [-0.39, 0.29) is 45.6 Å². The van der Waals surface area contributed by atoms with E-state index < -0.39 is 219 Å². The highest BCUT2D eigenvalue weighted by Gasteiger charge is 2.51. The van der Waals surface area contributed by atoms with Crippen molar-refractivity contribution >= 4 is 84.7 Å². The summed E-state index contributed by atoms with van der Waals surface area (Å²) in [7, 11) is -27.0. The molecule has 20 atom stereocenters. The number of imidazole rings is 2. The van der Waals surface area contributed by atoms with Gasteiger partial charge >= 0.3 is 56.2 Å². The minimum absolute atomic E-state index is 0.0500. The highest BCUT2D eigenvalue weighted by Crippen LogP contribution is 2.55. The summed E-state index contributed by atoms with van der Waals surface area (Å²) in [5, 5.41) is 21.5. The smallest absolute Gasteiger partial charge is 0.387 e. The molecule has 0 spiro atoms. The van der Waals surface area contributed by atoms with Gasteiger partial charge in [-0.15, -0.1) is 0 Å². The van der Waals surface area contributed by atoms with Gasteiger partial charge in [0.05, 0.1) is 45.7 Å². The number of rotatable bonds is 28. The van der Waals surface area contributed by atoms with Crippen LogP contribution in [0.5, 0.6) is 0 Å². The lowest BCUT2D eigenvalue weighted by molar-refractivity contribution is -0.0649. The summed E-state index contributed by atoms with van der Waals surface area (Å²) in [4.78, 5) is 148. The molecule has 550 valence electrons. The van der Waals surface area contributed by atoms with E-state index in [1.54, 1.807) is 0 Å². The van der Waals surface area contributed by atoms with Gasteiger partial charge in [0.1, 0.15) is 127 Å². The van der Waals surface area contributed by atoms with E-state index in [4.69, 9.17) is 82.8 Å². The normalized spacial score (nSPS) is 30.2. The summed E-state index contributed by atoms with van der Waals surface area (Å²) in [5.74, 6) is -0.502. The number of nitrogens with one attached hydrogen (secondary N) is 1. The molecule has 7 aromatic heterocycles. The molecule has 54 heteroatoms. The van der Waals surface area contributed by atoms with E-state index in [0.29, 0.717) is 0 Å². The van der Waals surface area contributed by atoms with Crippen LogP contribution in [0.2, 0.25) is 0 Å². The number of fused-ring (bicyclic) bond motifs is 2. The van der Waals surface area contributed by atoms with Crippen LogP contribution in [0.3, 0.4) is 0 Å². The summed E-state index contributed by atoms with van der Waals surface area (Å²) in [6.45, 7) is -5.05. The van der Waals surface area contributed by atoms with Crippen molar-refractivity contribution < 1.29 is 127 Å². The number of nitrogens with zero attached hydrogens (tertiary/aromatic N) is 13. The van der Waals surface area contributed by atoms with Crippen molar-refractivity contribution in [2.24, 2.45) is 0 Å². The second kappa shape index (κ2) is 29.3. The fraction of sp³-hybridized carbons (Fsp3) is 0.532. The van der Waals surface area contributed by atoms with Crippen molar-refractivity contribution in [3.8, 4) is 0 Å². The molecule has 101 heavy (non-hydrogen) atoms. The Bertz CT molecular complexity index is 4720. The average Bonchev–Trinajstić information content (AvgIpc) is 1.67. The predicted molar refractivity (Wildman–Crippen MR) is 327 cm³/mol. The molecule has 5 fully saturated rings. The van der Waals surface area contributed by atoms with Gasteiger partial charge in [-0.3, -0.25) is 73.3 Å². The van der Waals surface area contributed by atoms with Crippen molar-refractivity contribution in [3.05, 3.63) is 104 Å². The average molecular weight is 1530 g/mol. The first-order chi connectivity index (χ1) is 47.6. The number of nitrogens with two attached hydrogens (primary N) is 4. The van der Waals surface area contributed by atoms with E-state index in [2.05, 4.69) is 44.4 Å². The minimum atomic E-state index is -5.53. The number of ether oxygens (including phenoxy) is 5. The van der Waals surface area contributed by atoms with Crippen molar-refractivity contribution in [1.29, 1.82) is 0 Å². The highest BCUT2D eigenvalue weighted by molar-refractivity contribution is 7.48. The second-order valence-electron chi connectivity index (χ2n) is 22.7. The number of phosphoric ester groups is 5. The molecule has 17 N–H and O–H groups in total. The predicted octanol–water partition coefficient (Wildman–Crippen LogP) is -3.05. The first-order valence-corrected chi connectivity index (χ1v) is 37.0. The number of aromatic amines is 1. The number of anilines is 4. The summed E-state index contributed by atoms with van der Waals surface area (Å²) < 4.78 is 151. The summed E-state index contributed by atoms with van der Waals surface area (Å²) in [6, 6.07) is 3.35. The first-order valence-electron chi connectivity index (χ1n) is 29.5. The van der Waals surface area contributed by atoms with Crippen LogP contribution in [-0.4, -0.2) is 207 Å². The fourth-order valence-electron chi connectivity index (χ4n) is 11.4. The Balaban J connectivity index is 0.740. The van der Waals surface area contributed by atoms with Crippen LogP contribution in [0.15, 0.2) is 81.3 Å². The maximum atomic E-state index is 14.2. The van der Waals surface area contributed by atoms with E-state index in [9.17, 15) is 81.6 Å². The molecule has 49 nitrogen and oxygen atoms in total. The quantitative estimate of drug-likeness (QED) is 0.0217. The third-order valence-corrected chi connectivity index (χ3v) is 20.5. The number of aromatic nitrogens is 14. The second-order valence-corrected chi connectivity index (χ2v) is 29.6. The molecular formula is C47H61N18O31P5. The summed E-state index contributed by atoms with van der Waals surface area (Å²) in [5.41, 5.74) is 19.9. The zero-order valence-corrected chi connectivity index (χ0v) is 55.7. The Morgan fingerprint density at radius 1 is 0.455 bits per heavy atom. The molecule has 0 radical (unpaired) electrons. The Kier molecular flexibility index (Phi) is 21.4. The SMILES string of the molecule is Nc1ccn(C2CC(OP(=O)(O)OCC3OC(n4cnc5c(N)ncnc54)CC3OP(=O)(O)OCC3OC(n4ccc(N)nc4=O)CC3OP(=O)(O)OCC3OC(n4cnc5c(N)ncnc54)CC3OP(=O)(O)OCC3OC(n4ccc(=O)[nH]c4=O)C(O)C3O)C(COP(=O)(O)O)O2)c(=O)n1. The van der Waals surface area contributed by atoms with Crippen LogP contribution in [0.1, 0.15) is 56.8 Å². The third-order valence-electron chi connectivity index (χ3n) is 16.0. The zero-order valence-electron chi connectivity index (χ0n) is 51.2.